The summed E-state index contributed by atoms with van der Waals surface area (Å²) in [5.74, 6) is 0.489. The summed E-state index contributed by atoms with van der Waals surface area (Å²) >= 11 is 0. The van der Waals surface area contributed by atoms with E-state index in [9.17, 15) is 0 Å². The molecule has 0 atom stereocenters. The van der Waals surface area contributed by atoms with Crippen LogP contribution in [-0.2, 0) is 6.42 Å². The maximum atomic E-state index is 8.83. The number of hydrogen-bond acceptors (Lipinski definition) is 4. The molecular weight excluding hydrogens is 178 g/mol. The van der Waals surface area contributed by atoms with Gasteiger partial charge in [0.2, 0.25) is 5.88 Å². The van der Waals surface area contributed by atoms with Crippen LogP contribution in [0, 0.1) is 16.7 Å². The summed E-state index contributed by atoms with van der Waals surface area (Å²) in [7, 11) is 1.54. The molecule has 4 nitrogen and oxygen atoms in total. The zero-order valence-corrected chi connectivity index (χ0v) is 8.61. The van der Waals surface area contributed by atoms with Crippen molar-refractivity contribution in [3.63, 3.8) is 0 Å². The van der Waals surface area contributed by atoms with E-state index in [2.05, 4.69) is 16.3 Å². The second-order valence-electron chi connectivity index (χ2n) is 3.74. The second kappa shape index (κ2) is 4.05. The number of hydrogen-bond donors (Lipinski definition) is 0. The van der Waals surface area contributed by atoms with Crippen molar-refractivity contribution in [2.75, 3.05) is 7.11 Å². The summed E-state index contributed by atoms with van der Waals surface area (Å²) in [5, 5.41) is 16.6. The fraction of sp³-hybridized carbons (Fsp3) is 0.500. The third kappa shape index (κ3) is 2.70. The van der Waals surface area contributed by atoms with Crippen LogP contribution in [0.1, 0.15) is 19.5 Å². The van der Waals surface area contributed by atoms with Gasteiger partial charge in [0.15, 0.2) is 0 Å². The van der Waals surface area contributed by atoms with Crippen molar-refractivity contribution >= 4 is 0 Å². The van der Waals surface area contributed by atoms with Crippen LogP contribution in [0.3, 0.4) is 0 Å². The zero-order valence-electron chi connectivity index (χ0n) is 8.61. The first-order valence-corrected chi connectivity index (χ1v) is 4.35. The van der Waals surface area contributed by atoms with Crippen LogP contribution < -0.4 is 4.74 Å². The van der Waals surface area contributed by atoms with E-state index in [1.165, 1.54) is 0 Å². The average molecular weight is 191 g/mol. The lowest BCUT2D eigenvalue weighted by Gasteiger charge is -2.13. The highest BCUT2D eigenvalue weighted by atomic mass is 16.5. The number of nitriles is 1. The molecule has 0 N–H and O–H groups in total. The monoisotopic (exact) mass is 191 g/mol. The average Bonchev–Trinajstić information content (AvgIpc) is 2.19. The van der Waals surface area contributed by atoms with Crippen molar-refractivity contribution < 1.29 is 4.74 Å². The van der Waals surface area contributed by atoms with Crippen molar-refractivity contribution in [3.8, 4) is 11.9 Å². The van der Waals surface area contributed by atoms with Crippen LogP contribution in [0.25, 0.3) is 0 Å². The number of ether oxygens (including phenoxy) is 1. The predicted molar refractivity (Wildman–Crippen MR) is 51.7 cm³/mol. The molecule has 0 aromatic carbocycles. The summed E-state index contributed by atoms with van der Waals surface area (Å²) in [4.78, 5) is 0. The topological polar surface area (TPSA) is 58.8 Å². The van der Waals surface area contributed by atoms with Gasteiger partial charge in [0, 0.05) is 12.5 Å². The summed E-state index contributed by atoms with van der Waals surface area (Å²) in [5.41, 5.74) is 0.404. The Morgan fingerprint density at radius 3 is 2.57 bits per heavy atom. The van der Waals surface area contributed by atoms with Crippen molar-refractivity contribution in [2.24, 2.45) is 5.41 Å². The molecule has 1 heterocycles. The molecule has 1 aromatic rings. The van der Waals surface area contributed by atoms with Gasteiger partial charge < -0.3 is 4.74 Å². The van der Waals surface area contributed by atoms with E-state index in [0.29, 0.717) is 12.3 Å². The van der Waals surface area contributed by atoms with Crippen LogP contribution in [0.5, 0.6) is 5.88 Å². The first kappa shape index (κ1) is 10.5. The van der Waals surface area contributed by atoms with Gasteiger partial charge in [-0.15, -0.1) is 5.10 Å². The molecule has 1 aromatic heterocycles. The molecule has 74 valence electrons. The van der Waals surface area contributed by atoms with Gasteiger partial charge in [-0.2, -0.15) is 10.4 Å². The molecule has 0 radical (unpaired) electrons. The number of aromatic nitrogens is 2. The number of methoxy groups -OCH3 is 1. The Morgan fingerprint density at radius 2 is 2.14 bits per heavy atom. The van der Waals surface area contributed by atoms with Gasteiger partial charge >= 0.3 is 0 Å². The van der Waals surface area contributed by atoms with Crippen molar-refractivity contribution in [3.05, 3.63) is 17.8 Å². The molecule has 1 rings (SSSR count). The molecule has 0 unspecified atom stereocenters. The Morgan fingerprint density at radius 1 is 1.43 bits per heavy atom. The van der Waals surface area contributed by atoms with Crippen LogP contribution in [0.4, 0.5) is 0 Å². The highest BCUT2D eigenvalue weighted by Gasteiger charge is 2.18. The van der Waals surface area contributed by atoms with E-state index >= 15 is 0 Å². The molecule has 0 bridgehead atoms. The molecule has 4 heteroatoms. The molecule has 0 spiro atoms. The van der Waals surface area contributed by atoms with E-state index in [-0.39, 0.29) is 0 Å². The maximum Gasteiger partial charge on any atom is 0.233 e. The molecule has 0 amide bonds. The summed E-state index contributed by atoms with van der Waals surface area (Å²) in [6.07, 6.45) is 0.598. The maximum absolute atomic E-state index is 8.83. The number of nitrogens with zero attached hydrogens (tertiary/aromatic N) is 3. The predicted octanol–water partition coefficient (Wildman–Crippen LogP) is 1.58. The summed E-state index contributed by atoms with van der Waals surface area (Å²) < 4.78 is 4.89. The lowest BCUT2D eigenvalue weighted by molar-refractivity contribution is 0.389. The van der Waals surface area contributed by atoms with E-state index in [1.54, 1.807) is 13.2 Å². The van der Waals surface area contributed by atoms with Gasteiger partial charge in [0.25, 0.3) is 0 Å². The minimum absolute atomic E-state index is 0.400. The van der Waals surface area contributed by atoms with Crippen molar-refractivity contribution in [1.82, 2.24) is 10.2 Å². The van der Waals surface area contributed by atoms with Crippen LogP contribution in [0.2, 0.25) is 0 Å². The standard InChI is InChI=1S/C10H13N3O/c1-10(2,7-11)6-8-4-5-9(14-3)13-12-8/h4-5H,6H2,1-3H3. The molecule has 0 aliphatic carbocycles. The smallest absolute Gasteiger partial charge is 0.233 e. The first-order valence-electron chi connectivity index (χ1n) is 4.35. The molecule has 0 saturated heterocycles. The Kier molecular flexibility index (Phi) is 3.03. The highest BCUT2D eigenvalue weighted by Crippen LogP contribution is 2.19. The molecule has 0 fully saturated rings. The Bertz CT molecular complexity index is 337. The third-order valence-corrected chi connectivity index (χ3v) is 1.83. The van der Waals surface area contributed by atoms with Gasteiger partial charge in [-0.1, -0.05) is 0 Å². The summed E-state index contributed by atoms with van der Waals surface area (Å²) in [6.45, 7) is 3.75. The quantitative estimate of drug-likeness (QED) is 0.727. The fourth-order valence-corrected chi connectivity index (χ4v) is 1.04. The van der Waals surface area contributed by atoms with Gasteiger partial charge in [-0.3, -0.25) is 0 Å². The van der Waals surface area contributed by atoms with E-state index in [0.717, 1.165) is 5.69 Å². The Balaban J connectivity index is 2.75. The fourth-order valence-electron chi connectivity index (χ4n) is 1.04. The van der Waals surface area contributed by atoms with Crippen LogP contribution >= 0.6 is 0 Å². The minimum atomic E-state index is -0.400. The largest absolute Gasteiger partial charge is 0.480 e. The molecule has 14 heavy (non-hydrogen) atoms. The van der Waals surface area contributed by atoms with Gasteiger partial charge in [-0.05, 0) is 19.9 Å². The molecule has 0 aliphatic rings. The van der Waals surface area contributed by atoms with E-state index in [4.69, 9.17) is 10.00 Å². The van der Waals surface area contributed by atoms with E-state index < -0.39 is 5.41 Å². The first-order chi connectivity index (χ1) is 6.57. The van der Waals surface area contributed by atoms with Crippen molar-refractivity contribution in [1.29, 1.82) is 5.26 Å². The SMILES string of the molecule is COc1ccc(CC(C)(C)C#N)nn1. The van der Waals surface area contributed by atoms with E-state index in [1.807, 2.05) is 19.9 Å². The Labute approximate surface area is 83.5 Å². The zero-order chi connectivity index (χ0) is 10.6. The molecule has 0 saturated carbocycles. The molecular formula is C10H13N3O. The Hall–Kier alpha value is -1.63. The van der Waals surface area contributed by atoms with Gasteiger partial charge in [0.1, 0.15) is 0 Å². The van der Waals surface area contributed by atoms with Crippen LogP contribution in [-0.4, -0.2) is 17.3 Å². The van der Waals surface area contributed by atoms with Gasteiger partial charge in [0.05, 0.1) is 24.3 Å². The minimum Gasteiger partial charge on any atom is -0.480 e. The number of rotatable bonds is 3. The van der Waals surface area contributed by atoms with Crippen molar-refractivity contribution in [2.45, 2.75) is 20.3 Å². The molecule has 0 aliphatic heterocycles. The normalized spacial score (nSPS) is 10.7. The highest BCUT2D eigenvalue weighted by molar-refractivity contribution is 5.14. The lowest BCUT2D eigenvalue weighted by Crippen LogP contribution is -2.13. The van der Waals surface area contributed by atoms with Crippen LogP contribution in [0.15, 0.2) is 12.1 Å². The second-order valence-corrected chi connectivity index (χ2v) is 3.74. The van der Waals surface area contributed by atoms with Gasteiger partial charge in [-0.25, -0.2) is 0 Å². The lowest BCUT2D eigenvalue weighted by atomic mass is 9.90. The summed E-state index contributed by atoms with van der Waals surface area (Å²) in [6, 6.07) is 5.79. The third-order valence-electron chi connectivity index (χ3n) is 1.83.